The van der Waals surface area contributed by atoms with E-state index in [1.54, 1.807) is 4.68 Å². The molecule has 0 aliphatic carbocycles. The van der Waals surface area contributed by atoms with Gasteiger partial charge < -0.3 is 4.90 Å². The summed E-state index contributed by atoms with van der Waals surface area (Å²) in [5.74, 6) is 0.0601. The van der Waals surface area contributed by atoms with Gasteiger partial charge in [-0.05, 0) is 37.6 Å². The van der Waals surface area contributed by atoms with Crippen molar-refractivity contribution in [3.05, 3.63) is 48.3 Å². The number of rotatable bonds is 2. The highest BCUT2D eigenvalue weighted by molar-refractivity contribution is 5.92. The lowest BCUT2D eigenvalue weighted by molar-refractivity contribution is 0.0368. The number of amides is 1. The molecule has 3 heterocycles. The van der Waals surface area contributed by atoms with Gasteiger partial charge in [0, 0.05) is 31.9 Å². The van der Waals surface area contributed by atoms with Gasteiger partial charge in [-0.15, -0.1) is 0 Å². The van der Waals surface area contributed by atoms with Crippen molar-refractivity contribution >= 4 is 5.91 Å². The Labute approximate surface area is 136 Å². The van der Waals surface area contributed by atoms with Crippen LogP contribution in [0.2, 0.25) is 0 Å². The summed E-state index contributed by atoms with van der Waals surface area (Å²) in [6.45, 7) is 3.84. The molecule has 5 heteroatoms. The Kier molecular flexibility index (Phi) is 3.87. The zero-order valence-electron chi connectivity index (χ0n) is 13.3. The molecule has 2 saturated heterocycles. The minimum Gasteiger partial charge on any atom is -0.334 e. The average Bonchev–Trinajstić information content (AvgIpc) is 3.11. The van der Waals surface area contributed by atoms with Crippen molar-refractivity contribution in [3.8, 4) is 5.69 Å². The third-order valence-electron chi connectivity index (χ3n) is 4.95. The molecule has 2 aliphatic heterocycles. The summed E-state index contributed by atoms with van der Waals surface area (Å²) >= 11 is 0. The predicted molar refractivity (Wildman–Crippen MR) is 88.7 cm³/mol. The van der Waals surface area contributed by atoms with Crippen LogP contribution in [0.15, 0.2) is 42.6 Å². The van der Waals surface area contributed by atoms with Crippen molar-refractivity contribution < 1.29 is 4.79 Å². The topological polar surface area (TPSA) is 41.4 Å². The zero-order chi connectivity index (χ0) is 15.6. The van der Waals surface area contributed by atoms with Gasteiger partial charge in [-0.1, -0.05) is 24.6 Å². The fraction of sp³-hybridized carbons (Fsp3) is 0.444. The molecule has 2 fully saturated rings. The Balaban J connectivity index is 1.48. The van der Waals surface area contributed by atoms with Gasteiger partial charge in [0.05, 0.1) is 5.69 Å². The van der Waals surface area contributed by atoms with Crippen LogP contribution < -0.4 is 0 Å². The Morgan fingerprint density at radius 2 is 1.91 bits per heavy atom. The Hall–Kier alpha value is -2.14. The highest BCUT2D eigenvalue weighted by Crippen LogP contribution is 2.22. The first-order valence-corrected chi connectivity index (χ1v) is 8.46. The maximum Gasteiger partial charge on any atom is 0.274 e. The predicted octanol–water partition coefficient (Wildman–Crippen LogP) is 2.18. The number of fused-ring (bicyclic) bond motifs is 1. The molecule has 1 aromatic carbocycles. The van der Waals surface area contributed by atoms with E-state index in [0.717, 1.165) is 25.3 Å². The molecule has 1 atom stereocenters. The molecule has 4 rings (SSSR count). The van der Waals surface area contributed by atoms with Crippen molar-refractivity contribution in [2.24, 2.45) is 0 Å². The molecule has 0 N–H and O–H groups in total. The number of para-hydroxylation sites is 1. The standard InChI is InChI=1S/C18H22N4O/c23-18(21-13-12-20-10-5-4-8-16(20)14-21)17-9-11-22(19-17)15-6-2-1-3-7-15/h1-3,6-7,9,11,16H,4-5,8,10,12-14H2/t16-/m0/s1. The van der Waals surface area contributed by atoms with E-state index < -0.39 is 0 Å². The minimum atomic E-state index is 0.0601. The van der Waals surface area contributed by atoms with Crippen LogP contribution in [0.5, 0.6) is 0 Å². The molecule has 0 bridgehead atoms. The first-order chi connectivity index (χ1) is 11.3. The molecule has 2 aliphatic rings. The molecule has 0 unspecified atom stereocenters. The summed E-state index contributed by atoms with van der Waals surface area (Å²) in [6, 6.07) is 12.3. The first kappa shape index (κ1) is 14.5. The highest BCUT2D eigenvalue weighted by Gasteiger charge is 2.31. The third-order valence-corrected chi connectivity index (χ3v) is 4.95. The van der Waals surface area contributed by atoms with E-state index in [4.69, 9.17) is 0 Å². The number of hydrogen-bond donors (Lipinski definition) is 0. The maximum absolute atomic E-state index is 12.8. The fourth-order valence-electron chi connectivity index (χ4n) is 3.66. The van der Waals surface area contributed by atoms with Gasteiger partial charge in [0.15, 0.2) is 5.69 Å². The van der Waals surface area contributed by atoms with Gasteiger partial charge in [0.1, 0.15) is 0 Å². The van der Waals surface area contributed by atoms with Crippen LogP contribution in [0.25, 0.3) is 5.69 Å². The quantitative estimate of drug-likeness (QED) is 0.854. The van der Waals surface area contributed by atoms with Crippen molar-refractivity contribution in [1.29, 1.82) is 0 Å². The first-order valence-electron chi connectivity index (χ1n) is 8.46. The number of nitrogens with zero attached hydrogens (tertiary/aromatic N) is 4. The van der Waals surface area contributed by atoms with Gasteiger partial charge in [-0.25, -0.2) is 4.68 Å². The van der Waals surface area contributed by atoms with Crippen LogP contribution in [0.1, 0.15) is 29.8 Å². The van der Waals surface area contributed by atoms with E-state index in [2.05, 4.69) is 10.00 Å². The van der Waals surface area contributed by atoms with E-state index in [-0.39, 0.29) is 5.91 Å². The SMILES string of the molecule is O=C(c1ccn(-c2ccccc2)n1)N1CCN2CCCC[C@H]2C1. The highest BCUT2D eigenvalue weighted by atomic mass is 16.2. The maximum atomic E-state index is 12.8. The number of aromatic nitrogens is 2. The van der Waals surface area contributed by atoms with Crippen molar-refractivity contribution in [2.45, 2.75) is 25.3 Å². The second kappa shape index (κ2) is 6.16. The van der Waals surface area contributed by atoms with Gasteiger partial charge >= 0.3 is 0 Å². The molecule has 5 nitrogen and oxygen atoms in total. The number of carbonyl (C=O) groups is 1. The molecule has 1 aromatic heterocycles. The van der Waals surface area contributed by atoms with Gasteiger partial charge in [0.2, 0.25) is 0 Å². The molecule has 0 radical (unpaired) electrons. The summed E-state index contributed by atoms with van der Waals surface area (Å²) in [5.41, 5.74) is 1.52. The largest absolute Gasteiger partial charge is 0.334 e. The molecule has 1 amide bonds. The van der Waals surface area contributed by atoms with Crippen LogP contribution in [0.3, 0.4) is 0 Å². The lowest BCUT2D eigenvalue weighted by Crippen LogP contribution is -2.56. The van der Waals surface area contributed by atoms with Gasteiger partial charge in [-0.2, -0.15) is 5.10 Å². The second-order valence-electron chi connectivity index (χ2n) is 6.42. The van der Waals surface area contributed by atoms with Crippen LogP contribution in [0, 0.1) is 0 Å². The number of piperidine rings is 1. The Bertz CT molecular complexity index is 681. The molecule has 2 aromatic rings. The van der Waals surface area contributed by atoms with Crippen LogP contribution in [0.4, 0.5) is 0 Å². The lowest BCUT2D eigenvalue weighted by Gasteiger charge is -2.43. The van der Waals surface area contributed by atoms with E-state index >= 15 is 0 Å². The van der Waals surface area contributed by atoms with Crippen LogP contribution in [-0.2, 0) is 0 Å². The molecule has 120 valence electrons. The van der Waals surface area contributed by atoms with Crippen molar-refractivity contribution in [2.75, 3.05) is 26.2 Å². The fourth-order valence-corrected chi connectivity index (χ4v) is 3.66. The number of piperazine rings is 1. The van der Waals surface area contributed by atoms with E-state index in [1.807, 2.05) is 47.5 Å². The van der Waals surface area contributed by atoms with Gasteiger partial charge in [0.25, 0.3) is 5.91 Å². The average molecular weight is 310 g/mol. The van der Waals surface area contributed by atoms with Gasteiger partial charge in [-0.3, -0.25) is 9.69 Å². The minimum absolute atomic E-state index is 0.0601. The smallest absolute Gasteiger partial charge is 0.274 e. The monoisotopic (exact) mass is 310 g/mol. The summed E-state index contributed by atoms with van der Waals surface area (Å²) < 4.78 is 1.77. The lowest BCUT2D eigenvalue weighted by atomic mass is 9.99. The molecular formula is C18H22N4O. The van der Waals surface area contributed by atoms with Crippen molar-refractivity contribution in [1.82, 2.24) is 19.6 Å². The molecule has 0 spiro atoms. The number of hydrogen-bond acceptors (Lipinski definition) is 3. The third kappa shape index (κ3) is 2.88. The molecule has 23 heavy (non-hydrogen) atoms. The Morgan fingerprint density at radius 3 is 2.78 bits per heavy atom. The molecular weight excluding hydrogens is 288 g/mol. The van der Waals surface area contributed by atoms with Crippen molar-refractivity contribution in [3.63, 3.8) is 0 Å². The Morgan fingerprint density at radius 1 is 1.04 bits per heavy atom. The molecule has 0 saturated carbocycles. The summed E-state index contributed by atoms with van der Waals surface area (Å²) in [5, 5.41) is 4.47. The summed E-state index contributed by atoms with van der Waals surface area (Å²) in [4.78, 5) is 17.3. The van der Waals surface area contributed by atoms with E-state index in [9.17, 15) is 4.79 Å². The van der Waals surface area contributed by atoms with E-state index in [1.165, 1.54) is 25.8 Å². The summed E-state index contributed by atoms with van der Waals surface area (Å²) in [7, 11) is 0. The zero-order valence-corrected chi connectivity index (χ0v) is 13.3. The van der Waals surface area contributed by atoms with Crippen LogP contribution >= 0.6 is 0 Å². The second-order valence-corrected chi connectivity index (χ2v) is 6.42. The number of benzene rings is 1. The van der Waals surface area contributed by atoms with Crippen LogP contribution in [-0.4, -0.2) is 57.7 Å². The normalized spacial score (nSPS) is 21.9. The number of carbonyl (C=O) groups excluding carboxylic acids is 1. The summed E-state index contributed by atoms with van der Waals surface area (Å²) in [6.07, 6.45) is 5.65. The van der Waals surface area contributed by atoms with E-state index in [0.29, 0.717) is 11.7 Å².